The molecule has 0 spiro atoms. The van der Waals surface area contributed by atoms with Crippen molar-refractivity contribution in [2.45, 2.75) is 27.2 Å². The molecule has 0 nitrogen and oxygen atoms in total. The highest BCUT2D eigenvalue weighted by molar-refractivity contribution is 5.11. The van der Waals surface area contributed by atoms with Crippen molar-refractivity contribution in [2.75, 3.05) is 0 Å². The van der Waals surface area contributed by atoms with Gasteiger partial charge in [-0.15, -0.1) is 0 Å². The van der Waals surface area contributed by atoms with Gasteiger partial charge in [0.2, 0.25) is 0 Å². The Labute approximate surface area is 58.3 Å². The molecule has 0 heterocycles. The van der Waals surface area contributed by atoms with Crippen LogP contribution in [0.25, 0.3) is 0 Å². The molecule has 0 N–H and O–H groups in total. The van der Waals surface area contributed by atoms with Crippen LogP contribution in [0, 0.1) is 5.92 Å². The molecule has 0 bridgehead atoms. The van der Waals surface area contributed by atoms with E-state index in [9.17, 15) is 0 Å². The van der Waals surface area contributed by atoms with E-state index in [1.165, 1.54) is 6.42 Å². The average molecular weight is 124 g/mol. The van der Waals surface area contributed by atoms with Crippen LogP contribution in [0.4, 0.5) is 0 Å². The molecule has 9 heavy (non-hydrogen) atoms. The molecule has 0 aromatic rings. The first-order valence-corrected chi connectivity index (χ1v) is 3.50. The van der Waals surface area contributed by atoms with Gasteiger partial charge >= 0.3 is 0 Å². The van der Waals surface area contributed by atoms with E-state index in [0.717, 1.165) is 5.57 Å². The molecular weight excluding hydrogens is 108 g/mol. The Bertz CT molecular complexity index is 109. The van der Waals surface area contributed by atoms with E-state index < -0.39 is 0 Å². The van der Waals surface area contributed by atoms with E-state index in [1.54, 1.807) is 0 Å². The van der Waals surface area contributed by atoms with Crippen molar-refractivity contribution in [1.29, 1.82) is 0 Å². The molecule has 52 valence electrons. The van der Waals surface area contributed by atoms with Crippen molar-refractivity contribution in [3.63, 3.8) is 0 Å². The first kappa shape index (κ1) is 8.48. The maximum Gasteiger partial charge on any atom is -0.0261 e. The topological polar surface area (TPSA) is 0 Å². The van der Waals surface area contributed by atoms with Crippen molar-refractivity contribution in [3.8, 4) is 0 Å². The SMILES string of the molecule is C=C(C)C=CC(C)CC. The van der Waals surface area contributed by atoms with Gasteiger partial charge in [-0.25, -0.2) is 0 Å². The van der Waals surface area contributed by atoms with Crippen molar-refractivity contribution in [3.05, 3.63) is 24.3 Å². The molecule has 0 aromatic carbocycles. The minimum Gasteiger partial charge on any atom is -0.0961 e. The molecule has 0 aliphatic carbocycles. The summed E-state index contributed by atoms with van der Waals surface area (Å²) >= 11 is 0. The van der Waals surface area contributed by atoms with Crippen molar-refractivity contribution < 1.29 is 0 Å². The smallest absolute Gasteiger partial charge is 0.0261 e. The van der Waals surface area contributed by atoms with Gasteiger partial charge in [-0.3, -0.25) is 0 Å². The number of rotatable bonds is 3. The Kier molecular flexibility index (Phi) is 4.12. The zero-order chi connectivity index (χ0) is 7.28. The van der Waals surface area contributed by atoms with Crippen LogP contribution in [-0.4, -0.2) is 0 Å². The molecule has 1 unspecified atom stereocenters. The fraction of sp³-hybridized carbons (Fsp3) is 0.556. The summed E-state index contributed by atoms with van der Waals surface area (Å²) in [4.78, 5) is 0. The Balaban J connectivity index is 3.56. The fourth-order valence-electron chi connectivity index (χ4n) is 0.465. The summed E-state index contributed by atoms with van der Waals surface area (Å²) < 4.78 is 0. The minimum absolute atomic E-state index is 0.696. The highest BCUT2D eigenvalue weighted by atomic mass is 13.9. The molecule has 0 radical (unpaired) electrons. The molecular formula is C9H16. The second kappa shape index (κ2) is 4.37. The van der Waals surface area contributed by atoms with Crippen molar-refractivity contribution in [1.82, 2.24) is 0 Å². The van der Waals surface area contributed by atoms with Crippen molar-refractivity contribution >= 4 is 0 Å². The maximum absolute atomic E-state index is 3.77. The van der Waals surface area contributed by atoms with E-state index >= 15 is 0 Å². The standard InChI is InChI=1S/C9H16/c1-5-9(4)7-6-8(2)3/h6-7,9H,2,5H2,1,3-4H3. The molecule has 0 amide bonds. The van der Waals surface area contributed by atoms with Gasteiger partial charge in [0.15, 0.2) is 0 Å². The predicted octanol–water partition coefficient (Wildman–Crippen LogP) is 3.16. The van der Waals surface area contributed by atoms with E-state index in [-0.39, 0.29) is 0 Å². The van der Waals surface area contributed by atoms with Gasteiger partial charge < -0.3 is 0 Å². The third-order valence-corrected chi connectivity index (χ3v) is 1.35. The largest absolute Gasteiger partial charge is 0.0961 e. The third kappa shape index (κ3) is 5.35. The first-order valence-electron chi connectivity index (χ1n) is 3.50. The molecule has 0 aromatic heterocycles. The van der Waals surface area contributed by atoms with Crippen LogP contribution >= 0.6 is 0 Å². The Morgan fingerprint density at radius 1 is 1.67 bits per heavy atom. The van der Waals surface area contributed by atoms with Gasteiger partial charge in [0.25, 0.3) is 0 Å². The molecule has 0 aliphatic heterocycles. The lowest BCUT2D eigenvalue weighted by atomic mass is 10.1. The average Bonchev–Trinajstić information content (AvgIpc) is 1.83. The van der Waals surface area contributed by atoms with E-state index in [1.807, 2.05) is 6.92 Å². The monoisotopic (exact) mass is 124 g/mol. The Morgan fingerprint density at radius 2 is 2.22 bits per heavy atom. The Morgan fingerprint density at radius 3 is 2.56 bits per heavy atom. The highest BCUT2D eigenvalue weighted by Gasteiger charge is 1.88. The fourth-order valence-corrected chi connectivity index (χ4v) is 0.465. The van der Waals surface area contributed by atoms with Gasteiger partial charge in [-0.1, -0.05) is 44.6 Å². The van der Waals surface area contributed by atoms with Crippen LogP contribution in [0.15, 0.2) is 24.3 Å². The van der Waals surface area contributed by atoms with Gasteiger partial charge in [0.05, 0.1) is 0 Å². The molecule has 0 saturated carbocycles. The quantitative estimate of drug-likeness (QED) is 0.507. The summed E-state index contributed by atoms with van der Waals surface area (Å²) in [5.74, 6) is 0.696. The molecule has 0 rings (SSSR count). The summed E-state index contributed by atoms with van der Waals surface area (Å²) in [5.41, 5.74) is 1.13. The summed E-state index contributed by atoms with van der Waals surface area (Å²) in [5, 5.41) is 0. The van der Waals surface area contributed by atoms with Crippen LogP contribution in [0.3, 0.4) is 0 Å². The van der Waals surface area contributed by atoms with Gasteiger partial charge in [-0.05, 0) is 12.8 Å². The second-order valence-corrected chi connectivity index (χ2v) is 2.59. The molecule has 1 atom stereocenters. The molecule has 0 saturated heterocycles. The zero-order valence-electron chi connectivity index (χ0n) is 6.65. The number of hydrogen-bond acceptors (Lipinski definition) is 0. The highest BCUT2D eigenvalue weighted by Crippen LogP contribution is 2.03. The van der Waals surface area contributed by atoms with E-state index in [0.29, 0.717) is 5.92 Å². The number of allylic oxidation sites excluding steroid dienone is 3. The molecule has 0 heteroatoms. The van der Waals surface area contributed by atoms with Gasteiger partial charge in [-0.2, -0.15) is 0 Å². The minimum atomic E-state index is 0.696. The van der Waals surface area contributed by atoms with Crippen LogP contribution in [0.2, 0.25) is 0 Å². The zero-order valence-corrected chi connectivity index (χ0v) is 6.65. The Hall–Kier alpha value is -0.520. The third-order valence-electron chi connectivity index (χ3n) is 1.35. The number of hydrogen-bond donors (Lipinski definition) is 0. The lowest BCUT2D eigenvalue weighted by molar-refractivity contribution is 0.698. The summed E-state index contributed by atoms with van der Waals surface area (Å²) in [6.07, 6.45) is 5.49. The summed E-state index contributed by atoms with van der Waals surface area (Å²) in [6, 6.07) is 0. The van der Waals surface area contributed by atoms with Crippen LogP contribution in [0.5, 0.6) is 0 Å². The van der Waals surface area contributed by atoms with Gasteiger partial charge in [0, 0.05) is 0 Å². The normalized spacial score (nSPS) is 14.1. The van der Waals surface area contributed by atoms with Crippen LogP contribution in [0.1, 0.15) is 27.2 Å². The second-order valence-electron chi connectivity index (χ2n) is 2.59. The lowest BCUT2D eigenvalue weighted by Crippen LogP contribution is -1.83. The van der Waals surface area contributed by atoms with Crippen LogP contribution < -0.4 is 0 Å². The summed E-state index contributed by atoms with van der Waals surface area (Å²) in [6.45, 7) is 10.2. The van der Waals surface area contributed by atoms with Crippen molar-refractivity contribution in [2.24, 2.45) is 5.92 Å². The van der Waals surface area contributed by atoms with E-state index in [4.69, 9.17) is 0 Å². The molecule has 0 fully saturated rings. The first-order chi connectivity index (χ1) is 4.16. The predicted molar refractivity (Wildman–Crippen MR) is 43.4 cm³/mol. The van der Waals surface area contributed by atoms with Crippen LogP contribution in [-0.2, 0) is 0 Å². The summed E-state index contributed by atoms with van der Waals surface area (Å²) in [7, 11) is 0. The van der Waals surface area contributed by atoms with E-state index in [2.05, 4.69) is 32.6 Å². The maximum atomic E-state index is 3.77. The molecule has 0 aliphatic rings. The lowest BCUT2D eigenvalue weighted by Gasteiger charge is -1.97. The van der Waals surface area contributed by atoms with Gasteiger partial charge in [0.1, 0.15) is 0 Å².